The monoisotopic (exact) mass is 344 g/mol. The quantitative estimate of drug-likeness (QED) is 0.506. The van der Waals surface area contributed by atoms with E-state index in [9.17, 15) is 20.2 Å². The Labute approximate surface area is 144 Å². The van der Waals surface area contributed by atoms with Gasteiger partial charge in [-0.2, -0.15) is 0 Å². The van der Waals surface area contributed by atoms with Crippen molar-refractivity contribution in [3.8, 4) is 0 Å². The van der Waals surface area contributed by atoms with Crippen molar-refractivity contribution >= 4 is 0 Å². The van der Waals surface area contributed by atoms with E-state index >= 15 is 0 Å². The molecule has 1 aliphatic carbocycles. The van der Waals surface area contributed by atoms with Crippen LogP contribution in [0.15, 0.2) is 0 Å². The molecule has 1 rings (SSSR count). The fourth-order valence-corrected chi connectivity index (χ4v) is 3.41. The van der Waals surface area contributed by atoms with Gasteiger partial charge in [0.25, 0.3) is 0 Å². The third-order valence-corrected chi connectivity index (χ3v) is 5.03. The Kier molecular flexibility index (Phi) is 7.10. The summed E-state index contributed by atoms with van der Waals surface area (Å²) >= 11 is 0. The van der Waals surface area contributed by atoms with E-state index in [-0.39, 0.29) is 22.9 Å². The molecular formula is C16H32N4O4. The Hall–Kier alpha value is -1.28. The molecule has 0 aliphatic heterocycles. The predicted octanol–water partition coefficient (Wildman–Crippen LogP) is 2.16. The van der Waals surface area contributed by atoms with Crippen LogP contribution in [-0.4, -0.2) is 52.0 Å². The maximum absolute atomic E-state index is 11.3. The molecule has 1 saturated carbocycles. The lowest BCUT2D eigenvalue weighted by Crippen LogP contribution is -2.52. The maximum atomic E-state index is 11.3. The fourth-order valence-electron chi connectivity index (χ4n) is 3.41. The minimum atomic E-state index is -1.12. The molecule has 0 radical (unpaired) electrons. The molecule has 0 saturated heterocycles. The zero-order valence-electron chi connectivity index (χ0n) is 15.4. The van der Waals surface area contributed by atoms with E-state index in [0.717, 1.165) is 25.7 Å². The highest BCUT2D eigenvalue weighted by Crippen LogP contribution is 2.29. The molecule has 0 atom stereocenters. The van der Waals surface area contributed by atoms with E-state index in [0.29, 0.717) is 24.9 Å². The van der Waals surface area contributed by atoms with Gasteiger partial charge in [-0.1, -0.05) is 0 Å². The molecule has 0 aromatic rings. The Morgan fingerprint density at radius 2 is 1.29 bits per heavy atom. The van der Waals surface area contributed by atoms with Gasteiger partial charge in [-0.3, -0.25) is 25.1 Å². The van der Waals surface area contributed by atoms with Crippen molar-refractivity contribution in [1.29, 1.82) is 0 Å². The van der Waals surface area contributed by atoms with Crippen molar-refractivity contribution in [3.63, 3.8) is 0 Å². The highest BCUT2D eigenvalue weighted by molar-refractivity contribution is 4.83. The zero-order chi connectivity index (χ0) is 18.5. The van der Waals surface area contributed by atoms with Gasteiger partial charge in [-0.15, -0.1) is 0 Å². The molecule has 8 nitrogen and oxygen atoms in total. The van der Waals surface area contributed by atoms with Gasteiger partial charge in [0, 0.05) is 44.1 Å². The maximum Gasteiger partial charge on any atom is 0.229 e. The molecule has 2 N–H and O–H groups in total. The van der Waals surface area contributed by atoms with E-state index in [2.05, 4.69) is 0 Å². The van der Waals surface area contributed by atoms with Crippen molar-refractivity contribution in [2.24, 2.45) is 17.6 Å². The number of hydrogen-bond acceptors (Lipinski definition) is 6. The predicted molar refractivity (Wildman–Crippen MR) is 93.1 cm³/mol. The first-order chi connectivity index (χ1) is 11.0. The number of nitrogens with two attached hydrogens (primary N) is 1. The minimum absolute atomic E-state index is 0.216. The van der Waals surface area contributed by atoms with Gasteiger partial charge < -0.3 is 5.73 Å². The fraction of sp³-hybridized carbons (Fsp3) is 1.00. The first-order valence-electron chi connectivity index (χ1n) is 8.69. The number of hydrogen-bond donors (Lipinski definition) is 1. The molecule has 0 heterocycles. The molecule has 1 aliphatic rings. The van der Waals surface area contributed by atoms with Crippen LogP contribution in [0.2, 0.25) is 0 Å². The van der Waals surface area contributed by atoms with E-state index in [1.165, 1.54) is 0 Å². The standard InChI is InChI=1S/C16H32N4O4/c1-15(2,19(21)22)11-18(12-16(3,4)20(23)24)10-14-7-5-13(9-17)6-8-14/h13-14H,5-12,17H2,1-4H3. The van der Waals surface area contributed by atoms with E-state index in [1.807, 2.05) is 4.90 Å². The second-order valence-corrected chi connectivity index (χ2v) is 8.43. The van der Waals surface area contributed by atoms with E-state index in [4.69, 9.17) is 5.73 Å². The summed E-state index contributed by atoms with van der Waals surface area (Å²) in [6, 6.07) is 0. The average molecular weight is 344 g/mol. The van der Waals surface area contributed by atoms with Crippen LogP contribution in [0, 0.1) is 32.1 Å². The molecule has 1 fully saturated rings. The second kappa shape index (κ2) is 8.20. The lowest BCUT2D eigenvalue weighted by Gasteiger charge is -2.35. The molecule has 0 amide bonds. The van der Waals surface area contributed by atoms with Crippen molar-refractivity contribution in [2.45, 2.75) is 64.5 Å². The van der Waals surface area contributed by atoms with E-state index < -0.39 is 11.1 Å². The molecule has 0 bridgehead atoms. The van der Waals surface area contributed by atoms with Crippen LogP contribution in [0.25, 0.3) is 0 Å². The third-order valence-electron chi connectivity index (χ3n) is 5.03. The highest BCUT2D eigenvalue weighted by atomic mass is 16.6. The van der Waals surface area contributed by atoms with Crippen LogP contribution >= 0.6 is 0 Å². The van der Waals surface area contributed by atoms with Crippen LogP contribution in [0.4, 0.5) is 0 Å². The molecule has 140 valence electrons. The summed E-state index contributed by atoms with van der Waals surface area (Å²) in [5.74, 6) is 0.998. The SMILES string of the molecule is CC(C)(CN(CC1CCC(CN)CC1)CC(C)(C)[N+](=O)[O-])[N+](=O)[O-]. The van der Waals surface area contributed by atoms with Gasteiger partial charge in [0.1, 0.15) is 0 Å². The summed E-state index contributed by atoms with van der Waals surface area (Å²) in [4.78, 5) is 23.8. The lowest BCUT2D eigenvalue weighted by molar-refractivity contribution is -0.569. The van der Waals surface area contributed by atoms with Gasteiger partial charge in [0.2, 0.25) is 11.1 Å². The largest absolute Gasteiger partial charge is 0.330 e. The van der Waals surface area contributed by atoms with Crippen LogP contribution < -0.4 is 5.73 Å². The van der Waals surface area contributed by atoms with Crippen molar-refractivity contribution in [3.05, 3.63) is 20.2 Å². The summed E-state index contributed by atoms with van der Waals surface area (Å²) < 4.78 is 0. The van der Waals surface area contributed by atoms with Gasteiger partial charge in [0.05, 0.1) is 13.1 Å². The summed E-state index contributed by atoms with van der Waals surface area (Å²) in [6.07, 6.45) is 4.23. The van der Waals surface area contributed by atoms with Crippen LogP contribution in [0.1, 0.15) is 53.4 Å². The molecule has 0 aromatic carbocycles. The highest BCUT2D eigenvalue weighted by Gasteiger charge is 2.40. The molecule has 8 heteroatoms. The van der Waals surface area contributed by atoms with Gasteiger partial charge in [0.15, 0.2) is 0 Å². The van der Waals surface area contributed by atoms with E-state index in [1.54, 1.807) is 27.7 Å². The van der Waals surface area contributed by atoms with Crippen molar-refractivity contribution < 1.29 is 9.85 Å². The van der Waals surface area contributed by atoms with Crippen molar-refractivity contribution in [2.75, 3.05) is 26.2 Å². The molecule has 0 aromatic heterocycles. The number of nitro groups is 2. The summed E-state index contributed by atoms with van der Waals surface area (Å²) in [5.41, 5.74) is 3.47. The van der Waals surface area contributed by atoms with Gasteiger partial charge in [-0.25, -0.2) is 0 Å². The topological polar surface area (TPSA) is 116 Å². The van der Waals surface area contributed by atoms with Crippen LogP contribution in [-0.2, 0) is 0 Å². The third kappa shape index (κ3) is 5.98. The minimum Gasteiger partial charge on any atom is -0.330 e. The molecule has 0 spiro atoms. The average Bonchev–Trinajstić information content (AvgIpc) is 2.46. The Morgan fingerprint density at radius 3 is 1.62 bits per heavy atom. The van der Waals surface area contributed by atoms with Crippen LogP contribution in [0.3, 0.4) is 0 Å². The van der Waals surface area contributed by atoms with Gasteiger partial charge in [-0.05, 0) is 44.1 Å². The first kappa shape index (κ1) is 20.8. The zero-order valence-corrected chi connectivity index (χ0v) is 15.4. The van der Waals surface area contributed by atoms with Crippen LogP contribution in [0.5, 0.6) is 0 Å². The normalized spacial score (nSPS) is 22.6. The van der Waals surface area contributed by atoms with Gasteiger partial charge >= 0.3 is 0 Å². The number of nitrogens with zero attached hydrogens (tertiary/aromatic N) is 3. The summed E-state index contributed by atoms with van der Waals surface area (Å²) in [6.45, 7) is 8.11. The lowest BCUT2D eigenvalue weighted by atomic mass is 9.81. The summed E-state index contributed by atoms with van der Waals surface area (Å²) in [5, 5.41) is 22.5. The molecule has 0 unspecified atom stereocenters. The Balaban J connectivity index is 2.77. The first-order valence-corrected chi connectivity index (χ1v) is 8.69. The molecular weight excluding hydrogens is 312 g/mol. The summed E-state index contributed by atoms with van der Waals surface area (Å²) in [7, 11) is 0. The smallest absolute Gasteiger partial charge is 0.229 e. The Bertz CT molecular complexity index is 417. The molecule has 24 heavy (non-hydrogen) atoms. The number of rotatable bonds is 9. The van der Waals surface area contributed by atoms with Crippen molar-refractivity contribution in [1.82, 2.24) is 4.90 Å². The Morgan fingerprint density at radius 1 is 0.917 bits per heavy atom. The second-order valence-electron chi connectivity index (χ2n) is 8.43.